The second kappa shape index (κ2) is 11.1. The van der Waals surface area contributed by atoms with Crippen molar-refractivity contribution >= 4 is 23.2 Å². The Hall–Kier alpha value is -2.12. The minimum atomic E-state index is -0.614. The van der Waals surface area contributed by atoms with E-state index >= 15 is 0 Å². The minimum Gasteiger partial charge on any atom is -0.494 e. The maximum absolute atomic E-state index is 13.4. The SMILES string of the molecule is O=C(Nc1ccc(OCCCN2CCOCC2)cc1)C1(c2ccc(Cl)cc2)CCOCC1. The number of morpholine rings is 1. The van der Waals surface area contributed by atoms with Gasteiger partial charge < -0.3 is 19.5 Å². The number of halogens is 1. The fourth-order valence-corrected chi connectivity index (χ4v) is 4.45. The number of anilines is 1. The maximum atomic E-state index is 13.4. The summed E-state index contributed by atoms with van der Waals surface area (Å²) in [7, 11) is 0. The number of ether oxygens (including phenoxy) is 3. The van der Waals surface area contributed by atoms with Gasteiger partial charge in [0.2, 0.25) is 5.91 Å². The molecule has 2 heterocycles. The van der Waals surface area contributed by atoms with E-state index in [9.17, 15) is 4.79 Å². The van der Waals surface area contributed by atoms with Crippen LogP contribution in [-0.2, 0) is 19.7 Å². The van der Waals surface area contributed by atoms with Crippen LogP contribution in [0.5, 0.6) is 5.75 Å². The third-order valence-corrected chi connectivity index (χ3v) is 6.53. The first-order valence-electron chi connectivity index (χ1n) is 11.3. The van der Waals surface area contributed by atoms with E-state index < -0.39 is 5.41 Å². The molecule has 7 heteroatoms. The van der Waals surface area contributed by atoms with Crippen molar-refractivity contribution < 1.29 is 19.0 Å². The zero-order valence-electron chi connectivity index (χ0n) is 18.4. The van der Waals surface area contributed by atoms with Crippen LogP contribution in [-0.4, -0.2) is 63.5 Å². The predicted octanol–water partition coefficient (Wildman–Crippen LogP) is 4.13. The fourth-order valence-electron chi connectivity index (χ4n) is 4.32. The third-order valence-electron chi connectivity index (χ3n) is 6.28. The molecule has 0 aromatic heterocycles. The Kier molecular flexibility index (Phi) is 8.03. The van der Waals surface area contributed by atoms with Crippen LogP contribution in [0.1, 0.15) is 24.8 Å². The quantitative estimate of drug-likeness (QED) is 0.603. The average molecular weight is 459 g/mol. The van der Waals surface area contributed by atoms with Gasteiger partial charge in [-0.3, -0.25) is 9.69 Å². The molecule has 1 N–H and O–H groups in total. The zero-order valence-corrected chi connectivity index (χ0v) is 19.1. The highest BCUT2D eigenvalue weighted by atomic mass is 35.5. The maximum Gasteiger partial charge on any atom is 0.235 e. The van der Waals surface area contributed by atoms with E-state index in [0.29, 0.717) is 37.7 Å². The molecule has 2 aliphatic heterocycles. The van der Waals surface area contributed by atoms with Gasteiger partial charge >= 0.3 is 0 Å². The molecule has 0 saturated carbocycles. The Morgan fingerprint density at radius 2 is 1.62 bits per heavy atom. The lowest BCUT2D eigenvalue weighted by Crippen LogP contribution is -2.44. The monoisotopic (exact) mass is 458 g/mol. The lowest BCUT2D eigenvalue weighted by molar-refractivity contribution is -0.125. The van der Waals surface area contributed by atoms with Crippen molar-refractivity contribution in [3.8, 4) is 5.75 Å². The molecular formula is C25H31ClN2O4. The van der Waals surface area contributed by atoms with Crippen LogP contribution in [0.2, 0.25) is 5.02 Å². The van der Waals surface area contributed by atoms with Crippen LogP contribution in [0, 0.1) is 0 Å². The highest BCUT2D eigenvalue weighted by Crippen LogP contribution is 2.36. The van der Waals surface area contributed by atoms with E-state index in [4.69, 9.17) is 25.8 Å². The number of benzene rings is 2. The first-order valence-corrected chi connectivity index (χ1v) is 11.7. The normalized spacial score (nSPS) is 18.8. The van der Waals surface area contributed by atoms with E-state index in [1.807, 2.05) is 48.5 Å². The van der Waals surface area contributed by atoms with Gasteiger partial charge in [-0.1, -0.05) is 23.7 Å². The summed E-state index contributed by atoms with van der Waals surface area (Å²) < 4.78 is 16.8. The molecule has 2 aromatic carbocycles. The Bertz CT molecular complexity index is 861. The van der Waals surface area contributed by atoms with Crippen molar-refractivity contribution in [1.82, 2.24) is 4.90 Å². The van der Waals surface area contributed by atoms with Gasteiger partial charge in [0.15, 0.2) is 0 Å². The molecule has 1 amide bonds. The van der Waals surface area contributed by atoms with Crippen LogP contribution in [0.15, 0.2) is 48.5 Å². The number of carbonyl (C=O) groups is 1. The number of rotatable bonds is 8. The summed E-state index contributed by atoms with van der Waals surface area (Å²) in [5.41, 5.74) is 1.12. The molecule has 0 radical (unpaired) electrons. The minimum absolute atomic E-state index is 0.0118. The van der Waals surface area contributed by atoms with Gasteiger partial charge in [0, 0.05) is 43.6 Å². The molecule has 0 spiro atoms. The molecule has 6 nitrogen and oxygen atoms in total. The van der Waals surface area contributed by atoms with Crippen LogP contribution in [0.4, 0.5) is 5.69 Å². The molecular weight excluding hydrogens is 428 g/mol. The highest BCUT2D eigenvalue weighted by Gasteiger charge is 2.41. The second-order valence-corrected chi connectivity index (χ2v) is 8.77. The summed E-state index contributed by atoms with van der Waals surface area (Å²) >= 11 is 6.06. The van der Waals surface area contributed by atoms with E-state index in [1.54, 1.807) is 0 Å². The van der Waals surface area contributed by atoms with Crippen LogP contribution in [0.25, 0.3) is 0 Å². The van der Waals surface area contributed by atoms with Crippen molar-refractivity contribution in [1.29, 1.82) is 0 Å². The lowest BCUT2D eigenvalue weighted by Gasteiger charge is -2.36. The average Bonchev–Trinajstić information content (AvgIpc) is 2.84. The van der Waals surface area contributed by atoms with Gasteiger partial charge in [-0.15, -0.1) is 0 Å². The van der Waals surface area contributed by atoms with Crippen molar-refractivity contribution in [2.75, 3.05) is 58.0 Å². The smallest absolute Gasteiger partial charge is 0.235 e. The molecule has 2 aromatic rings. The van der Waals surface area contributed by atoms with Crippen molar-refractivity contribution in [2.45, 2.75) is 24.7 Å². The van der Waals surface area contributed by atoms with E-state index in [-0.39, 0.29) is 5.91 Å². The van der Waals surface area contributed by atoms with Gasteiger partial charge in [0.25, 0.3) is 0 Å². The molecule has 32 heavy (non-hydrogen) atoms. The summed E-state index contributed by atoms with van der Waals surface area (Å²) in [6.07, 6.45) is 2.26. The van der Waals surface area contributed by atoms with Crippen molar-refractivity contribution in [3.63, 3.8) is 0 Å². The summed E-state index contributed by atoms with van der Waals surface area (Å²) in [5, 5.41) is 3.77. The number of amides is 1. The van der Waals surface area contributed by atoms with Crippen molar-refractivity contribution in [2.24, 2.45) is 0 Å². The largest absolute Gasteiger partial charge is 0.494 e. The highest BCUT2D eigenvalue weighted by molar-refractivity contribution is 6.30. The summed E-state index contributed by atoms with van der Waals surface area (Å²) in [4.78, 5) is 15.8. The van der Waals surface area contributed by atoms with Crippen LogP contribution in [0.3, 0.4) is 0 Å². The number of hydrogen-bond acceptors (Lipinski definition) is 5. The van der Waals surface area contributed by atoms with Crippen LogP contribution >= 0.6 is 11.6 Å². The molecule has 2 fully saturated rings. The molecule has 4 rings (SSSR count). The standard InChI is InChI=1S/C25H31ClN2O4/c26-21-4-2-20(3-5-21)25(10-16-30-17-11-25)24(29)27-22-6-8-23(9-7-22)32-15-1-12-28-13-18-31-19-14-28/h2-9H,1,10-19H2,(H,27,29). The fraction of sp³-hybridized carbons (Fsp3) is 0.480. The number of carbonyl (C=O) groups excluding carboxylic acids is 1. The van der Waals surface area contributed by atoms with Gasteiger partial charge in [-0.05, 0) is 61.2 Å². The molecule has 0 aliphatic carbocycles. The molecule has 0 bridgehead atoms. The lowest BCUT2D eigenvalue weighted by atomic mass is 9.73. The number of nitrogens with zero attached hydrogens (tertiary/aromatic N) is 1. The van der Waals surface area contributed by atoms with Gasteiger partial charge in [0.05, 0.1) is 25.2 Å². The topological polar surface area (TPSA) is 60.0 Å². The zero-order chi connectivity index (χ0) is 22.2. The summed E-state index contributed by atoms with van der Waals surface area (Å²) in [6.45, 7) is 6.45. The Labute approximate surface area is 194 Å². The molecule has 0 unspecified atom stereocenters. The Morgan fingerprint density at radius 3 is 2.31 bits per heavy atom. The van der Waals surface area contributed by atoms with Crippen LogP contribution < -0.4 is 10.1 Å². The molecule has 172 valence electrons. The molecule has 2 aliphatic rings. The first-order chi connectivity index (χ1) is 15.7. The van der Waals surface area contributed by atoms with E-state index in [0.717, 1.165) is 56.3 Å². The second-order valence-electron chi connectivity index (χ2n) is 8.34. The van der Waals surface area contributed by atoms with E-state index in [2.05, 4.69) is 10.2 Å². The Morgan fingerprint density at radius 1 is 0.969 bits per heavy atom. The molecule has 0 atom stereocenters. The first kappa shape index (κ1) is 23.1. The van der Waals surface area contributed by atoms with Gasteiger partial charge in [-0.2, -0.15) is 0 Å². The Balaban J connectivity index is 1.32. The third kappa shape index (κ3) is 5.81. The predicted molar refractivity (Wildman–Crippen MR) is 126 cm³/mol. The number of hydrogen-bond donors (Lipinski definition) is 1. The summed E-state index contributed by atoms with van der Waals surface area (Å²) in [6, 6.07) is 15.2. The van der Waals surface area contributed by atoms with Gasteiger partial charge in [0.1, 0.15) is 5.75 Å². The number of nitrogens with one attached hydrogen (secondary N) is 1. The van der Waals surface area contributed by atoms with Gasteiger partial charge in [-0.25, -0.2) is 0 Å². The van der Waals surface area contributed by atoms with E-state index in [1.165, 1.54) is 0 Å². The summed E-state index contributed by atoms with van der Waals surface area (Å²) in [5.74, 6) is 0.797. The molecule has 2 saturated heterocycles. The van der Waals surface area contributed by atoms with Crippen molar-refractivity contribution in [3.05, 3.63) is 59.1 Å².